The van der Waals surface area contributed by atoms with E-state index in [2.05, 4.69) is 5.32 Å². The quantitative estimate of drug-likeness (QED) is 0.650. The van der Waals surface area contributed by atoms with Crippen LogP contribution in [0.1, 0.15) is 17.2 Å². The molecule has 2 rings (SSSR count). The van der Waals surface area contributed by atoms with E-state index in [4.69, 9.17) is 11.6 Å². The summed E-state index contributed by atoms with van der Waals surface area (Å²) in [6.07, 6.45) is -4.62. The molecule has 0 radical (unpaired) electrons. The lowest BCUT2D eigenvalue weighted by molar-refractivity contribution is -0.876. The van der Waals surface area contributed by atoms with Gasteiger partial charge in [0.05, 0.1) is 25.3 Å². The average Bonchev–Trinajstić information content (AvgIpc) is 2.60. The molecule has 0 saturated heterocycles. The van der Waals surface area contributed by atoms with Crippen molar-refractivity contribution >= 4 is 23.2 Å². The number of anilines is 1. The van der Waals surface area contributed by atoms with Gasteiger partial charge in [0.15, 0.2) is 6.04 Å². The third-order valence-corrected chi connectivity index (χ3v) is 4.27. The Hall–Kier alpha value is -2.09. The summed E-state index contributed by atoms with van der Waals surface area (Å²) in [5.41, 5.74) is -0.538. The minimum atomic E-state index is -4.62. The molecular weight excluding hydrogens is 379 g/mol. The molecule has 0 unspecified atom stereocenters. The fraction of sp³-hybridized carbons (Fsp3) is 0.316. The molecule has 2 aromatic rings. The first-order valence-electron chi connectivity index (χ1n) is 8.53. The van der Waals surface area contributed by atoms with E-state index in [1.807, 2.05) is 25.5 Å². The second-order valence-corrected chi connectivity index (χ2v) is 6.98. The monoisotopic (exact) mass is 401 g/mol. The first-order valence-corrected chi connectivity index (χ1v) is 8.91. The number of carbonyl (C=O) groups excluding carboxylic acids is 1. The maximum atomic E-state index is 13.3. The van der Waals surface area contributed by atoms with Crippen molar-refractivity contribution in [2.24, 2.45) is 0 Å². The van der Waals surface area contributed by atoms with Crippen LogP contribution in [0.15, 0.2) is 48.5 Å². The Morgan fingerprint density at radius 2 is 1.85 bits per heavy atom. The Morgan fingerprint density at radius 1 is 1.19 bits per heavy atom. The van der Waals surface area contributed by atoms with Gasteiger partial charge in [-0.15, -0.1) is 0 Å². The molecule has 0 fully saturated rings. The summed E-state index contributed by atoms with van der Waals surface area (Å²) in [5, 5.41) is 4.22. The molecule has 0 heterocycles. The van der Waals surface area contributed by atoms with Crippen molar-refractivity contribution in [3.63, 3.8) is 0 Å². The number of likely N-dealkylation sites (N-methyl/N-ethyl adjacent to an activating group) is 1. The van der Waals surface area contributed by atoms with Gasteiger partial charge in [0.25, 0.3) is 5.91 Å². The Bertz CT molecular complexity index is 767. The molecule has 2 aromatic carbocycles. The Labute approximate surface area is 161 Å². The van der Waals surface area contributed by atoms with Gasteiger partial charge in [-0.25, -0.2) is 0 Å². The van der Waals surface area contributed by atoms with E-state index in [9.17, 15) is 18.0 Å². The summed E-state index contributed by atoms with van der Waals surface area (Å²) in [6.45, 7) is 1.47. The Kier molecular flexibility index (Phi) is 7.24. The molecule has 0 aliphatic heterocycles. The Balaban J connectivity index is 2.26. The molecule has 0 spiro atoms. The first-order chi connectivity index (χ1) is 12.7. The predicted octanol–water partition coefficient (Wildman–Crippen LogP) is 1.75. The number of carbonyl (C=O) groups is 1. The van der Waals surface area contributed by atoms with Gasteiger partial charge in [-0.3, -0.25) is 4.79 Å². The molecule has 0 bridgehead atoms. The minimum absolute atomic E-state index is 0.0412. The molecule has 0 saturated carbocycles. The van der Waals surface area contributed by atoms with E-state index >= 15 is 0 Å². The SMILES string of the molecule is C[NH+](C)CC[NH2+][C@@H](C(=O)Nc1ccc(Cl)cc1C(F)(F)F)c1ccccc1. The third kappa shape index (κ3) is 6.23. The molecule has 0 aliphatic carbocycles. The van der Waals surface area contributed by atoms with Crippen molar-refractivity contribution in [2.45, 2.75) is 12.2 Å². The highest BCUT2D eigenvalue weighted by molar-refractivity contribution is 6.30. The topological polar surface area (TPSA) is 50.2 Å². The highest BCUT2D eigenvalue weighted by Gasteiger charge is 2.35. The number of nitrogens with two attached hydrogens (primary N) is 1. The van der Waals surface area contributed by atoms with Crippen LogP contribution in [0, 0.1) is 0 Å². The standard InChI is InChI=1S/C19H21ClF3N3O/c1-26(2)11-10-24-17(13-6-4-3-5-7-13)18(27)25-16-9-8-14(20)12-15(16)19(21,22)23/h3-9,12,17,24H,10-11H2,1-2H3,(H,25,27)/p+2/t17-/m1/s1. The number of rotatable bonds is 7. The number of halogens is 4. The summed E-state index contributed by atoms with van der Waals surface area (Å²) in [6, 6.07) is 11.7. The largest absolute Gasteiger partial charge is 0.418 e. The maximum Gasteiger partial charge on any atom is 0.418 e. The summed E-state index contributed by atoms with van der Waals surface area (Å²) in [4.78, 5) is 14.0. The minimum Gasteiger partial charge on any atom is -0.335 e. The molecule has 8 heteroatoms. The molecule has 146 valence electrons. The van der Waals surface area contributed by atoms with E-state index in [0.717, 1.165) is 18.2 Å². The van der Waals surface area contributed by atoms with Crippen LogP contribution in [-0.2, 0) is 11.0 Å². The number of alkyl halides is 3. The van der Waals surface area contributed by atoms with Crippen molar-refractivity contribution < 1.29 is 28.2 Å². The number of amides is 1. The number of hydrogen-bond acceptors (Lipinski definition) is 1. The fourth-order valence-electron chi connectivity index (χ4n) is 2.66. The maximum absolute atomic E-state index is 13.3. The fourth-order valence-corrected chi connectivity index (χ4v) is 2.84. The van der Waals surface area contributed by atoms with Crippen molar-refractivity contribution in [3.05, 3.63) is 64.7 Å². The van der Waals surface area contributed by atoms with E-state index < -0.39 is 23.7 Å². The lowest BCUT2D eigenvalue weighted by Gasteiger charge is -2.19. The van der Waals surface area contributed by atoms with Gasteiger partial charge in [-0.2, -0.15) is 13.2 Å². The van der Waals surface area contributed by atoms with Gasteiger partial charge >= 0.3 is 6.18 Å². The van der Waals surface area contributed by atoms with Crippen molar-refractivity contribution in [1.82, 2.24) is 0 Å². The van der Waals surface area contributed by atoms with Crippen LogP contribution in [-0.4, -0.2) is 33.1 Å². The molecular formula is C19H23ClF3N3O+2. The second kappa shape index (κ2) is 9.21. The normalized spacial score (nSPS) is 12.9. The van der Waals surface area contributed by atoms with Crippen molar-refractivity contribution in [1.29, 1.82) is 0 Å². The van der Waals surface area contributed by atoms with Crippen LogP contribution < -0.4 is 15.5 Å². The molecule has 1 atom stereocenters. The number of quaternary nitrogens is 2. The molecule has 0 aliphatic rings. The van der Waals surface area contributed by atoms with Crippen LogP contribution >= 0.6 is 11.6 Å². The van der Waals surface area contributed by atoms with Gasteiger partial charge < -0.3 is 15.5 Å². The van der Waals surface area contributed by atoms with Gasteiger partial charge in [0.1, 0.15) is 13.1 Å². The van der Waals surface area contributed by atoms with E-state index in [1.54, 1.807) is 24.3 Å². The summed E-state index contributed by atoms with van der Waals surface area (Å²) >= 11 is 5.69. The lowest BCUT2D eigenvalue weighted by atomic mass is 10.1. The van der Waals surface area contributed by atoms with Crippen molar-refractivity contribution in [3.8, 4) is 0 Å². The van der Waals surface area contributed by atoms with E-state index in [0.29, 0.717) is 6.54 Å². The van der Waals surface area contributed by atoms with Crippen LogP contribution in [0.25, 0.3) is 0 Å². The van der Waals surface area contributed by atoms with Gasteiger partial charge in [0, 0.05) is 10.6 Å². The van der Waals surface area contributed by atoms with Gasteiger partial charge in [0.2, 0.25) is 0 Å². The molecule has 0 aromatic heterocycles. The second-order valence-electron chi connectivity index (χ2n) is 6.55. The van der Waals surface area contributed by atoms with Crippen LogP contribution in [0.4, 0.5) is 18.9 Å². The van der Waals surface area contributed by atoms with Crippen LogP contribution in [0.3, 0.4) is 0 Å². The smallest absolute Gasteiger partial charge is 0.335 e. The summed E-state index contributed by atoms with van der Waals surface area (Å²) < 4.78 is 39.8. The number of benzene rings is 2. The van der Waals surface area contributed by atoms with Crippen LogP contribution in [0.5, 0.6) is 0 Å². The Morgan fingerprint density at radius 3 is 2.44 bits per heavy atom. The zero-order valence-corrected chi connectivity index (χ0v) is 15.9. The van der Waals surface area contributed by atoms with Gasteiger partial charge in [-0.05, 0) is 18.2 Å². The summed E-state index contributed by atoms with van der Waals surface area (Å²) in [7, 11) is 3.99. The summed E-state index contributed by atoms with van der Waals surface area (Å²) in [5.74, 6) is -0.511. The number of hydrogen-bond donors (Lipinski definition) is 3. The molecule has 4 N–H and O–H groups in total. The third-order valence-electron chi connectivity index (χ3n) is 4.03. The van der Waals surface area contributed by atoms with Crippen molar-refractivity contribution in [2.75, 3.05) is 32.5 Å². The molecule has 4 nitrogen and oxygen atoms in total. The van der Waals surface area contributed by atoms with Crippen LogP contribution in [0.2, 0.25) is 5.02 Å². The van der Waals surface area contributed by atoms with E-state index in [-0.39, 0.29) is 10.7 Å². The zero-order chi connectivity index (χ0) is 20.0. The molecule has 27 heavy (non-hydrogen) atoms. The first kappa shape index (κ1) is 21.2. The average molecular weight is 402 g/mol. The molecule has 1 amide bonds. The number of nitrogens with one attached hydrogen (secondary N) is 2. The predicted molar refractivity (Wildman–Crippen MR) is 98.7 cm³/mol. The lowest BCUT2D eigenvalue weighted by Crippen LogP contribution is -3.09. The van der Waals surface area contributed by atoms with E-state index in [1.165, 1.54) is 17.0 Å². The van der Waals surface area contributed by atoms with Gasteiger partial charge in [-0.1, -0.05) is 41.9 Å². The highest BCUT2D eigenvalue weighted by Crippen LogP contribution is 2.36. The zero-order valence-electron chi connectivity index (χ0n) is 15.1. The highest BCUT2D eigenvalue weighted by atomic mass is 35.5.